The quantitative estimate of drug-likeness (QED) is 0.699. The van der Waals surface area contributed by atoms with E-state index in [9.17, 15) is 44.3 Å². The molecule has 0 N–H and O–H groups in total. The molecule has 1 atom stereocenters. The Hall–Kier alpha value is -0.960. The molecular formula is C6H3F9O. The average Bonchev–Trinajstić information content (AvgIpc) is 1.98. The molecule has 0 aliphatic rings. The number of hydrogen-bond acceptors (Lipinski definition) is 1. The van der Waals surface area contributed by atoms with Crippen molar-refractivity contribution in [1.82, 2.24) is 0 Å². The normalized spacial score (nSPS) is 18.1. The van der Waals surface area contributed by atoms with E-state index in [-0.39, 0.29) is 0 Å². The molecule has 1 nitrogen and oxygen atoms in total. The molecule has 0 heterocycles. The van der Waals surface area contributed by atoms with Crippen LogP contribution in [0.15, 0.2) is 0 Å². The molecule has 16 heavy (non-hydrogen) atoms. The average molecular weight is 262 g/mol. The number of hydrogen-bond donors (Lipinski definition) is 0. The highest BCUT2D eigenvalue weighted by Crippen LogP contribution is 2.44. The van der Waals surface area contributed by atoms with Gasteiger partial charge in [-0.3, -0.25) is 4.79 Å². The van der Waals surface area contributed by atoms with Crippen molar-refractivity contribution in [1.29, 1.82) is 0 Å². The van der Waals surface area contributed by atoms with E-state index in [0.717, 1.165) is 0 Å². The van der Waals surface area contributed by atoms with Crippen molar-refractivity contribution in [2.75, 3.05) is 0 Å². The van der Waals surface area contributed by atoms with Crippen molar-refractivity contribution in [2.24, 2.45) is 0 Å². The van der Waals surface area contributed by atoms with Gasteiger partial charge in [0.15, 0.2) is 0 Å². The minimum atomic E-state index is -6.58. The first kappa shape index (κ1) is 15.0. The third kappa shape index (κ3) is 2.24. The van der Waals surface area contributed by atoms with Crippen LogP contribution in [-0.4, -0.2) is 29.7 Å². The molecule has 0 saturated carbocycles. The number of ketones is 1. The molecule has 0 saturated heterocycles. The fraction of sp³-hybridized carbons (Fsp3) is 0.833. The molecule has 0 bridgehead atoms. The van der Waals surface area contributed by atoms with Crippen molar-refractivity contribution in [3.05, 3.63) is 0 Å². The zero-order valence-corrected chi connectivity index (χ0v) is 7.31. The number of alkyl halides is 9. The van der Waals surface area contributed by atoms with Crippen molar-refractivity contribution in [3.8, 4) is 0 Å². The van der Waals surface area contributed by atoms with Gasteiger partial charge in [-0.2, -0.15) is 35.1 Å². The number of rotatable bonds is 2. The number of carbonyl (C=O) groups is 1. The predicted molar refractivity (Wildman–Crippen MR) is 31.6 cm³/mol. The van der Waals surface area contributed by atoms with Gasteiger partial charge >= 0.3 is 18.3 Å². The van der Waals surface area contributed by atoms with E-state index in [1.165, 1.54) is 0 Å². The summed E-state index contributed by atoms with van der Waals surface area (Å²) in [6.45, 7) is -0.699. The van der Waals surface area contributed by atoms with Crippen LogP contribution in [0.5, 0.6) is 0 Å². The van der Waals surface area contributed by atoms with Gasteiger partial charge in [-0.25, -0.2) is 4.39 Å². The summed E-state index contributed by atoms with van der Waals surface area (Å²) in [5.74, 6) is -10.3. The van der Waals surface area contributed by atoms with Crippen LogP contribution in [0.25, 0.3) is 0 Å². The molecular weight excluding hydrogens is 259 g/mol. The lowest BCUT2D eigenvalue weighted by Crippen LogP contribution is -2.57. The van der Waals surface area contributed by atoms with E-state index in [2.05, 4.69) is 0 Å². The van der Waals surface area contributed by atoms with Crippen molar-refractivity contribution < 1.29 is 44.3 Å². The molecule has 0 amide bonds. The van der Waals surface area contributed by atoms with Gasteiger partial charge in [0.05, 0.1) is 0 Å². The highest BCUT2D eigenvalue weighted by atomic mass is 19.4. The maximum absolute atomic E-state index is 12.6. The molecule has 0 fully saturated rings. The van der Waals surface area contributed by atoms with Crippen LogP contribution < -0.4 is 0 Å². The van der Waals surface area contributed by atoms with Gasteiger partial charge in [0.25, 0.3) is 11.5 Å². The molecule has 0 aromatic heterocycles. The van der Waals surface area contributed by atoms with E-state index in [1.54, 1.807) is 0 Å². The van der Waals surface area contributed by atoms with E-state index < -0.39 is 36.7 Å². The van der Waals surface area contributed by atoms with Crippen LogP contribution in [0.1, 0.15) is 6.92 Å². The molecule has 0 aromatic carbocycles. The highest BCUT2D eigenvalue weighted by Gasteiger charge is 2.73. The van der Waals surface area contributed by atoms with Crippen LogP contribution in [0.4, 0.5) is 39.5 Å². The number of Topliss-reactive ketones (excluding diaryl/α,β-unsaturated/α-hetero) is 1. The lowest BCUT2D eigenvalue weighted by atomic mass is 9.97. The minimum Gasteiger partial charge on any atom is -0.288 e. The molecule has 0 radical (unpaired) electrons. The first-order chi connectivity index (χ1) is 6.65. The second kappa shape index (κ2) is 3.52. The van der Waals surface area contributed by atoms with Crippen LogP contribution in [0, 0.1) is 0 Å². The van der Waals surface area contributed by atoms with E-state index in [1.807, 2.05) is 0 Å². The summed E-state index contributed by atoms with van der Waals surface area (Å²) in [5.41, 5.74) is -5.27. The first-order valence-electron chi connectivity index (χ1n) is 3.40. The third-order valence-corrected chi connectivity index (χ3v) is 1.60. The standard InChI is InChI=1S/C6H3F9O/c1-3(7,5(10,11)12)2(16)4(8,9)6(13,14)15/h1H3. The summed E-state index contributed by atoms with van der Waals surface area (Å²) in [6.07, 6.45) is -12.7. The van der Waals surface area contributed by atoms with E-state index in [0.29, 0.717) is 0 Å². The molecule has 1 unspecified atom stereocenters. The Bertz CT molecular complexity index is 255. The summed E-state index contributed by atoms with van der Waals surface area (Å²) in [6, 6.07) is 0. The van der Waals surface area contributed by atoms with Gasteiger partial charge in [-0.05, 0) is 6.92 Å². The lowest BCUT2D eigenvalue weighted by molar-refractivity contribution is -0.286. The topological polar surface area (TPSA) is 17.1 Å². The van der Waals surface area contributed by atoms with Crippen LogP contribution in [0.3, 0.4) is 0 Å². The largest absolute Gasteiger partial charge is 0.461 e. The molecule has 0 aliphatic carbocycles. The molecule has 96 valence electrons. The Balaban J connectivity index is 5.40. The molecule has 0 aliphatic heterocycles. The highest BCUT2D eigenvalue weighted by molar-refractivity contribution is 5.94. The predicted octanol–water partition coefficient (Wildman–Crippen LogP) is 3.04. The summed E-state index contributed by atoms with van der Waals surface area (Å²) in [5, 5.41) is 0. The smallest absolute Gasteiger partial charge is 0.288 e. The van der Waals surface area contributed by atoms with Gasteiger partial charge in [0.2, 0.25) is 0 Å². The number of carbonyl (C=O) groups excluding carboxylic acids is 1. The van der Waals surface area contributed by atoms with Gasteiger partial charge < -0.3 is 0 Å². The third-order valence-electron chi connectivity index (χ3n) is 1.60. The van der Waals surface area contributed by atoms with Gasteiger partial charge in [-0.15, -0.1) is 0 Å². The van der Waals surface area contributed by atoms with Crippen molar-refractivity contribution >= 4 is 5.78 Å². The van der Waals surface area contributed by atoms with E-state index >= 15 is 0 Å². The first-order valence-corrected chi connectivity index (χ1v) is 3.40. The Morgan fingerprint density at radius 1 is 0.750 bits per heavy atom. The maximum atomic E-state index is 12.6. The Morgan fingerprint density at radius 3 is 1.25 bits per heavy atom. The summed E-state index contributed by atoms with van der Waals surface area (Å²) >= 11 is 0. The van der Waals surface area contributed by atoms with Crippen LogP contribution in [0.2, 0.25) is 0 Å². The van der Waals surface area contributed by atoms with Crippen molar-refractivity contribution in [3.63, 3.8) is 0 Å². The molecule has 10 heteroatoms. The number of halogens is 9. The zero-order valence-electron chi connectivity index (χ0n) is 7.31. The molecule has 0 rings (SSSR count). The van der Waals surface area contributed by atoms with Gasteiger partial charge in [-0.1, -0.05) is 0 Å². The lowest BCUT2D eigenvalue weighted by Gasteiger charge is -2.27. The fourth-order valence-corrected chi connectivity index (χ4v) is 0.552. The van der Waals surface area contributed by atoms with E-state index in [4.69, 9.17) is 0 Å². The fourth-order valence-electron chi connectivity index (χ4n) is 0.552. The Morgan fingerprint density at radius 2 is 1.06 bits per heavy atom. The Labute approximate surface area is 82.2 Å². The van der Waals surface area contributed by atoms with Crippen LogP contribution >= 0.6 is 0 Å². The zero-order chi connectivity index (χ0) is 13.6. The summed E-state index contributed by atoms with van der Waals surface area (Å²) in [7, 11) is 0. The second-order valence-electron chi connectivity index (χ2n) is 2.90. The molecule has 0 aromatic rings. The van der Waals surface area contributed by atoms with Crippen molar-refractivity contribution in [2.45, 2.75) is 30.9 Å². The van der Waals surface area contributed by atoms with Gasteiger partial charge in [0, 0.05) is 0 Å². The minimum absolute atomic E-state index is 0.699. The monoisotopic (exact) mass is 262 g/mol. The molecule has 0 spiro atoms. The SMILES string of the molecule is CC(F)(C(=O)C(F)(F)C(F)(F)F)C(F)(F)F. The summed E-state index contributed by atoms with van der Waals surface area (Å²) < 4.78 is 106. The summed E-state index contributed by atoms with van der Waals surface area (Å²) in [4.78, 5) is 10.2. The maximum Gasteiger partial charge on any atom is 0.461 e. The van der Waals surface area contributed by atoms with Crippen LogP contribution in [-0.2, 0) is 4.79 Å². The second-order valence-corrected chi connectivity index (χ2v) is 2.90. The Kier molecular flexibility index (Phi) is 3.31. The van der Waals surface area contributed by atoms with Gasteiger partial charge in [0.1, 0.15) is 0 Å².